The van der Waals surface area contributed by atoms with Crippen LogP contribution in [0.15, 0.2) is 42.5 Å². The number of rotatable bonds is 3. The normalized spacial score (nSPS) is 10.1. The summed E-state index contributed by atoms with van der Waals surface area (Å²) >= 11 is 2.14. The van der Waals surface area contributed by atoms with Crippen molar-refractivity contribution in [1.29, 1.82) is 0 Å². The fraction of sp³-hybridized carbons (Fsp3) is 0. The lowest BCUT2D eigenvalue weighted by atomic mass is 10.1. The number of nitrogen functional groups attached to an aromatic ring is 1. The Morgan fingerprint density at radius 3 is 2.63 bits per heavy atom. The molecular weight excluding hydrogens is 360 g/mol. The van der Waals surface area contributed by atoms with Gasteiger partial charge in [0.15, 0.2) is 0 Å². The van der Waals surface area contributed by atoms with E-state index in [9.17, 15) is 9.18 Å². The third-order valence-corrected chi connectivity index (χ3v) is 3.16. The zero-order valence-electron chi connectivity index (χ0n) is 9.78. The van der Waals surface area contributed by atoms with Crippen LogP contribution in [-0.4, -0.2) is 5.91 Å². The van der Waals surface area contributed by atoms with Gasteiger partial charge < -0.3 is 10.7 Å². The average molecular weight is 371 g/mol. The van der Waals surface area contributed by atoms with Gasteiger partial charge in [-0.3, -0.25) is 10.6 Å². The molecule has 4 nitrogen and oxygen atoms in total. The highest BCUT2D eigenvalue weighted by molar-refractivity contribution is 14.1. The summed E-state index contributed by atoms with van der Waals surface area (Å²) in [7, 11) is 0. The summed E-state index contributed by atoms with van der Waals surface area (Å²) in [6.45, 7) is 0. The van der Waals surface area contributed by atoms with Gasteiger partial charge in [-0.1, -0.05) is 12.1 Å². The molecule has 2 aromatic carbocycles. The maximum Gasteiger partial charge on any atom is 0.257 e. The molecule has 0 fully saturated rings. The predicted octanol–water partition coefficient (Wildman–Crippen LogP) is 2.97. The molecule has 19 heavy (non-hydrogen) atoms. The number of nitrogens with two attached hydrogens (primary N) is 1. The quantitative estimate of drug-likeness (QED) is 0.442. The molecule has 0 spiro atoms. The van der Waals surface area contributed by atoms with Crippen LogP contribution in [-0.2, 0) is 0 Å². The topological polar surface area (TPSA) is 67.1 Å². The van der Waals surface area contributed by atoms with Crippen LogP contribution in [0.4, 0.5) is 15.8 Å². The second-order valence-electron chi connectivity index (χ2n) is 3.77. The Bertz CT molecular complexity index is 619. The monoisotopic (exact) mass is 371 g/mol. The number of hydrogen-bond donors (Lipinski definition) is 3. The van der Waals surface area contributed by atoms with E-state index in [1.54, 1.807) is 6.07 Å². The van der Waals surface area contributed by atoms with E-state index in [1.807, 2.05) is 18.2 Å². The number of carbonyl (C=O) groups is 1. The lowest BCUT2D eigenvalue weighted by Gasteiger charge is -2.10. The number of carbonyl (C=O) groups excluding carboxylic acids is 1. The highest BCUT2D eigenvalue weighted by Crippen LogP contribution is 2.20. The van der Waals surface area contributed by atoms with Crippen molar-refractivity contribution in [3.8, 4) is 0 Å². The minimum Gasteiger partial charge on any atom is -0.322 e. The van der Waals surface area contributed by atoms with E-state index in [1.165, 1.54) is 18.2 Å². The Labute approximate surface area is 123 Å². The number of hydrogen-bond acceptors (Lipinski definition) is 3. The number of hydrazine groups is 1. The second kappa shape index (κ2) is 5.98. The standard InChI is InChI=1S/C13H11FIN3O/c14-11-6-2-5-10(12(11)18-16)13(19)17-9-4-1-3-8(15)7-9/h1-7,18H,16H2,(H,17,19). The molecule has 0 unspecified atom stereocenters. The molecule has 0 aliphatic carbocycles. The lowest BCUT2D eigenvalue weighted by Crippen LogP contribution is -2.18. The van der Waals surface area contributed by atoms with Crippen LogP contribution in [0.25, 0.3) is 0 Å². The van der Waals surface area contributed by atoms with E-state index < -0.39 is 11.7 Å². The van der Waals surface area contributed by atoms with Crippen molar-refractivity contribution in [3.63, 3.8) is 0 Å². The van der Waals surface area contributed by atoms with Crippen molar-refractivity contribution >= 4 is 39.9 Å². The van der Waals surface area contributed by atoms with Gasteiger partial charge in [-0.15, -0.1) is 0 Å². The lowest BCUT2D eigenvalue weighted by molar-refractivity contribution is 0.102. The number of para-hydroxylation sites is 1. The smallest absolute Gasteiger partial charge is 0.257 e. The molecule has 0 saturated heterocycles. The Balaban J connectivity index is 2.28. The molecule has 0 heterocycles. The summed E-state index contributed by atoms with van der Waals surface area (Å²) in [5, 5.41) is 2.70. The number of nitrogens with one attached hydrogen (secondary N) is 2. The van der Waals surface area contributed by atoms with E-state index in [0.29, 0.717) is 5.69 Å². The van der Waals surface area contributed by atoms with Gasteiger partial charge in [0.2, 0.25) is 0 Å². The molecule has 0 aliphatic rings. The Morgan fingerprint density at radius 2 is 1.95 bits per heavy atom. The molecular formula is C13H11FIN3O. The van der Waals surface area contributed by atoms with Crippen LogP contribution < -0.4 is 16.6 Å². The second-order valence-corrected chi connectivity index (χ2v) is 5.02. The van der Waals surface area contributed by atoms with E-state index >= 15 is 0 Å². The van der Waals surface area contributed by atoms with Gasteiger partial charge in [-0.25, -0.2) is 4.39 Å². The summed E-state index contributed by atoms with van der Waals surface area (Å²) in [4.78, 5) is 12.1. The largest absolute Gasteiger partial charge is 0.322 e. The van der Waals surface area contributed by atoms with E-state index in [4.69, 9.17) is 5.84 Å². The molecule has 0 aromatic heterocycles. The zero-order chi connectivity index (χ0) is 13.8. The molecule has 0 atom stereocenters. The van der Waals surface area contributed by atoms with Gasteiger partial charge in [0.05, 0.1) is 11.3 Å². The van der Waals surface area contributed by atoms with Crippen molar-refractivity contribution in [2.75, 3.05) is 10.7 Å². The van der Waals surface area contributed by atoms with Gasteiger partial charge >= 0.3 is 0 Å². The zero-order valence-corrected chi connectivity index (χ0v) is 11.9. The van der Waals surface area contributed by atoms with Crippen LogP contribution in [0, 0.1) is 9.39 Å². The molecule has 0 bridgehead atoms. The average Bonchev–Trinajstić information content (AvgIpc) is 2.38. The first kappa shape index (κ1) is 13.8. The number of halogens is 2. The van der Waals surface area contributed by atoms with Crippen molar-refractivity contribution in [2.45, 2.75) is 0 Å². The van der Waals surface area contributed by atoms with Gasteiger partial charge in [-0.05, 0) is 52.9 Å². The maximum absolute atomic E-state index is 13.5. The van der Waals surface area contributed by atoms with Crippen LogP contribution in [0.2, 0.25) is 0 Å². The summed E-state index contributed by atoms with van der Waals surface area (Å²) in [6.07, 6.45) is 0. The van der Waals surface area contributed by atoms with Crippen molar-refractivity contribution in [3.05, 3.63) is 57.4 Å². The Hall–Kier alpha value is -1.67. The van der Waals surface area contributed by atoms with Gasteiger partial charge in [0.25, 0.3) is 5.91 Å². The third kappa shape index (κ3) is 3.21. The minimum atomic E-state index is -0.571. The highest BCUT2D eigenvalue weighted by Gasteiger charge is 2.14. The van der Waals surface area contributed by atoms with E-state index in [2.05, 4.69) is 33.3 Å². The van der Waals surface area contributed by atoms with E-state index in [-0.39, 0.29) is 11.3 Å². The van der Waals surface area contributed by atoms with Crippen molar-refractivity contribution in [1.82, 2.24) is 0 Å². The summed E-state index contributed by atoms with van der Waals surface area (Å²) in [6, 6.07) is 11.5. The molecule has 1 amide bonds. The van der Waals surface area contributed by atoms with Crippen molar-refractivity contribution in [2.24, 2.45) is 5.84 Å². The minimum absolute atomic E-state index is 0.0226. The SMILES string of the molecule is NNc1c(F)cccc1C(=O)Nc1cccc(I)c1. The van der Waals surface area contributed by atoms with Gasteiger partial charge in [0, 0.05) is 9.26 Å². The molecule has 0 radical (unpaired) electrons. The predicted molar refractivity (Wildman–Crippen MR) is 81.3 cm³/mol. The number of amides is 1. The Kier molecular flexibility index (Phi) is 4.33. The first-order valence-electron chi connectivity index (χ1n) is 5.44. The summed E-state index contributed by atoms with van der Waals surface area (Å²) in [5.41, 5.74) is 2.98. The molecule has 4 N–H and O–H groups in total. The number of anilines is 2. The third-order valence-electron chi connectivity index (χ3n) is 2.49. The molecule has 2 rings (SSSR count). The van der Waals surface area contributed by atoms with Crippen LogP contribution in [0.5, 0.6) is 0 Å². The van der Waals surface area contributed by atoms with Crippen LogP contribution in [0.3, 0.4) is 0 Å². The molecule has 2 aromatic rings. The first-order chi connectivity index (χ1) is 9.11. The highest BCUT2D eigenvalue weighted by atomic mass is 127. The van der Waals surface area contributed by atoms with E-state index in [0.717, 1.165) is 3.57 Å². The van der Waals surface area contributed by atoms with Crippen LogP contribution >= 0.6 is 22.6 Å². The van der Waals surface area contributed by atoms with Gasteiger partial charge in [0.1, 0.15) is 5.82 Å². The summed E-state index contributed by atoms with van der Waals surface area (Å²) in [5.74, 6) is 4.24. The molecule has 0 saturated carbocycles. The van der Waals surface area contributed by atoms with Crippen LogP contribution in [0.1, 0.15) is 10.4 Å². The Morgan fingerprint density at radius 1 is 1.21 bits per heavy atom. The molecule has 98 valence electrons. The van der Waals surface area contributed by atoms with Gasteiger partial charge in [-0.2, -0.15) is 0 Å². The molecule has 6 heteroatoms. The fourth-order valence-corrected chi connectivity index (χ4v) is 2.17. The first-order valence-corrected chi connectivity index (χ1v) is 6.51. The maximum atomic E-state index is 13.5. The number of benzene rings is 2. The van der Waals surface area contributed by atoms with Crippen molar-refractivity contribution < 1.29 is 9.18 Å². The molecule has 0 aliphatic heterocycles. The summed E-state index contributed by atoms with van der Waals surface area (Å²) < 4.78 is 14.5. The fourth-order valence-electron chi connectivity index (χ4n) is 1.62.